The van der Waals surface area contributed by atoms with Crippen LogP contribution in [0.2, 0.25) is 0 Å². The number of nitrogens with zero attached hydrogens (tertiary/aromatic N) is 1. The van der Waals surface area contributed by atoms with Crippen LogP contribution in [-0.2, 0) is 21.0 Å². The van der Waals surface area contributed by atoms with E-state index in [0.717, 1.165) is 18.2 Å². The van der Waals surface area contributed by atoms with Gasteiger partial charge in [0.25, 0.3) is 15.9 Å². The van der Waals surface area contributed by atoms with E-state index in [-0.39, 0.29) is 10.5 Å². The van der Waals surface area contributed by atoms with E-state index in [1.165, 1.54) is 32.0 Å². The second kappa shape index (κ2) is 6.95. The molecule has 2 rings (SSSR count). The zero-order chi connectivity index (χ0) is 19.7. The smallest absolute Gasteiger partial charge is 0.268 e. The normalized spacial score (nSPS) is 11.9. The van der Waals surface area contributed by atoms with E-state index < -0.39 is 33.4 Å². The van der Waals surface area contributed by atoms with Crippen molar-refractivity contribution in [3.05, 3.63) is 71.8 Å². The van der Waals surface area contributed by atoms with Crippen LogP contribution in [0.4, 0.5) is 18.9 Å². The molecule has 8 heteroatoms. The van der Waals surface area contributed by atoms with Gasteiger partial charge in [-0.15, -0.1) is 0 Å². The first kappa shape index (κ1) is 19.7. The van der Waals surface area contributed by atoms with E-state index >= 15 is 0 Å². The van der Waals surface area contributed by atoms with Crippen LogP contribution >= 0.6 is 0 Å². The van der Waals surface area contributed by atoms with Gasteiger partial charge in [-0.05, 0) is 43.7 Å². The van der Waals surface area contributed by atoms with Crippen molar-refractivity contribution in [1.82, 2.24) is 0 Å². The molecule has 0 aliphatic carbocycles. The standard InChI is InChI=1S/C18H16F3NO3S/c1-12(2)17(23)22(15-9-6-8-14(11-15)18(19,20)21)26(24,25)16-10-5-4-7-13(16)3/h4-11H,1H2,2-3H3. The number of hydrogen-bond donors (Lipinski definition) is 0. The second-order valence-corrected chi connectivity index (χ2v) is 7.42. The Morgan fingerprint density at radius 2 is 1.69 bits per heavy atom. The van der Waals surface area contributed by atoms with Gasteiger partial charge < -0.3 is 0 Å². The van der Waals surface area contributed by atoms with Crippen LogP contribution in [0.3, 0.4) is 0 Å². The van der Waals surface area contributed by atoms with Crippen LogP contribution in [0.25, 0.3) is 0 Å². The third-order valence-electron chi connectivity index (χ3n) is 3.57. The number of carbonyl (C=O) groups excluding carboxylic acids is 1. The summed E-state index contributed by atoms with van der Waals surface area (Å²) in [6.45, 7) is 6.24. The van der Waals surface area contributed by atoms with E-state index in [0.29, 0.717) is 15.9 Å². The molecule has 0 heterocycles. The van der Waals surface area contributed by atoms with Crippen molar-refractivity contribution < 1.29 is 26.4 Å². The van der Waals surface area contributed by atoms with Crippen molar-refractivity contribution >= 4 is 21.6 Å². The molecule has 2 aromatic rings. The summed E-state index contributed by atoms with van der Waals surface area (Å²) in [5, 5.41) is 0. The van der Waals surface area contributed by atoms with Gasteiger partial charge in [-0.3, -0.25) is 4.79 Å². The minimum atomic E-state index is -4.68. The summed E-state index contributed by atoms with van der Waals surface area (Å²) in [5.41, 5.74) is -1.23. The fourth-order valence-electron chi connectivity index (χ4n) is 2.29. The highest BCUT2D eigenvalue weighted by molar-refractivity contribution is 7.93. The van der Waals surface area contributed by atoms with E-state index in [4.69, 9.17) is 0 Å². The lowest BCUT2D eigenvalue weighted by Crippen LogP contribution is -2.37. The molecule has 2 aromatic carbocycles. The topological polar surface area (TPSA) is 54.5 Å². The number of hydrogen-bond acceptors (Lipinski definition) is 3. The lowest BCUT2D eigenvalue weighted by molar-refractivity contribution is -0.137. The molecule has 0 aliphatic heterocycles. The minimum absolute atomic E-state index is 0.125. The van der Waals surface area contributed by atoms with E-state index in [2.05, 4.69) is 6.58 Å². The van der Waals surface area contributed by atoms with Crippen molar-refractivity contribution in [2.24, 2.45) is 0 Å². The molecule has 0 unspecified atom stereocenters. The Bertz CT molecular complexity index is 966. The first-order chi connectivity index (χ1) is 12.0. The SMILES string of the molecule is C=C(C)C(=O)N(c1cccc(C(F)(F)F)c1)S(=O)(=O)c1ccccc1C. The summed E-state index contributed by atoms with van der Waals surface area (Å²) in [6.07, 6.45) is -4.68. The Hall–Kier alpha value is -2.61. The van der Waals surface area contributed by atoms with Crippen LogP contribution in [0, 0.1) is 6.92 Å². The zero-order valence-electron chi connectivity index (χ0n) is 14.0. The number of anilines is 1. The predicted octanol–water partition coefficient (Wildman–Crippen LogP) is 4.31. The van der Waals surface area contributed by atoms with Gasteiger partial charge in [0.2, 0.25) is 0 Å². The van der Waals surface area contributed by atoms with E-state index in [1.54, 1.807) is 6.07 Å². The highest BCUT2D eigenvalue weighted by atomic mass is 32.2. The highest BCUT2D eigenvalue weighted by Gasteiger charge is 2.35. The lowest BCUT2D eigenvalue weighted by atomic mass is 10.2. The Kier molecular flexibility index (Phi) is 5.27. The zero-order valence-corrected chi connectivity index (χ0v) is 14.9. The average Bonchev–Trinajstić information content (AvgIpc) is 2.54. The van der Waals surface area contributed by atoms with Crippen molar-refractivity contribution in [2.75, 3.05) is 4.31 Å². The molecular formula is C18H16F3NO3S. The molecule has 1 amide bonds. The largest absolute Gasteiger partial charge is 0.416 e. The van der Waals surface area contributed by atoms with Crippen LogP contribution in [0.1, 0.15) is 18.1 Å². The van der Waals surface area contributed by atoms with Crippen LogP contribution in [-0.4, -0.2) is 14.3 Å². The maximum Gasteiger partial charge on any atom is 0.416 e. The summed E-state index contributed by atoms with van der Waals surface area (Å²) in [5.74, 6) is -1.01. The summed E-state index contributed by atoms with van der Waals surface area (Å²) in [6, 6.07) is 9.50. The van der Waals surface area contributed by atoms with Gasteiger partial charge in [0.15, 0.2) is 0 Å². The minimum Gasteiger partial charge on any atom is -0.268 e. The summed E-state index contributed by atoms with van der Waals surface area (Å²) >= 11 is 0. The van der Waals surface area contributed by atoms with Gasteiger partial charge in [0, 0.05) is 5.57 Å². The van der Waals surface area contributed by atoms with Crippen LogP contribution in [0.5, 0.6) is 0 Å². The molecule has 0 aliphatic rings. The molecule has 4 nitrogen and oxygen atoms in total. The number of benzene rings is 2. The molecular weight excluding hydrogens is 367 g/mol. The molecule has 0 N–H and O–H groups in total. The fourth-order valence-corrected chi connectivity index (χ4v) is 3.98. The molecule has 26 heavy (non-hydrogen) atoms. The van der Waals surface area contributed by atoms with Gasteiger partial charge >= 0.3 is 6.18 Å². The Labute approximate surface area is 149 Å². The molecule has 0 fully saturated rings. The quantitative estimate of drug-likeness (QED) is 0.740. The van der Waals surface area contributed by atoms with Gasteiger partial charge in [0.1, 0.15) is 0 Å². The first-order valence-electron chi connectivity index (χ1n) is 7.44. The third kappa shape index (κ3) is 3.80. The maximum absolute atomic E-state index is 13.0. The van der Waals surface area contributed by atoms with Crippen molar-refractivity contribution in [1.29, 1.82) is 0 Å². The summed E-state index contributed by atoms with van der Waals surface area (Å²) < 4.78 is 65.5. The molecule has 0 saturated carbocycles. The van der Waals surface area contributed by atoms with Gasteiger partial charge in [-0.1, -0.05) is 30.8 Å². The third-order valence-corrected chi connectivity index (χ3v) is 5.44. The van der Waals surface area contributed by atoms with Crippen molar-refractivity contribution in [3.63, 3.8) is 0 Å². The fraction of sp³-hybridized carbons (Fsp3) is 0.167. The number of rotatable bonds is 4. The number of carbonyl (C=O) groups is 1. The molecule has 0 saturated heterocycles. The van der Waals surface area contributed by atoms with Crippen molar-refractivity contribution in [2.45, 2.75) is 24.9 Å². The number of alkyl halides is 3. The number of amides is 1. The van der Waals surface area contributed by atoms with Crippen LogP contribution in [0.15, 0.2) is 65.6 Å². The monoisotopic (exact) mass is 383 g/mol. The first-order valence-corrected chi connectivity index (χ1v) is 8.88. The van der Waals surface area contributed by atoms with Crippen molar-refractivity contribution in [3.8, 4) is 0 Å². The number of aryl methyl sites for hydroxylation is 1. The number of sulfonamides is 1. The summed E-state index contributed by atoms with van der Waals surface area (Å²) in [4.78, 5) is 12.3. The van der Waals surface area contributed by atoms with E-state index in [1.807, 2.05) is 0 Å². The molecule has 0 spiro atoms. The maximum atomic E-state index is 13.0. The Morgan fingerprint density at radius 1 is 1.08 bits per heavy atom. The Morgan fingerprint density at radius 3 is 2.23 bits per heavy atom. The second-order valence-electron chi connectivity index (χ2n) is 5.67. The van der Waals surface area contributed by atoms with Gasteiger partial charge in [0.05, 0.1) is 16.1 Å². The van der Waals surface area contributed by atoms with Gasteiger partial charge in [-0.25, -0.2) is 8.42 Å². The molecule has 0 radical (unpaired) electrons. The van der Waals surface area contributed by atoms with Gasteiger partial charge in [-0.2, -0.15) is 17.5 Å². The Balaban J connectivity index is 2.72. The summed E-state index contributed by atoms with van der Waals surface area (Å²) in [7, 11) is -4.44. The lowest BCUT2D eigenvalue weighted by Gasteiger charge is -2.24. The number of halogens is 3. The van der Waals surface area contributed by atoms with Crippen LogP contribution < -0.4 is 4.31 Å². The average molecular weight is 383 g/mol. The predicted molar refractivity (Wildman–Crippen MR) is 92.1 cm³/mol. The molecule has 0 atom stereocenters. The van der Waals surface area contributed by atoms with E-state index in [9.17, 15) is 26.4 Å². The molecule has 0 aromatic heterocycles. The molecule has 0 bridgehead atoms. The highest BCUT2D eigenvalue weighted by Crippen LogP contribution is 2.34. The molecule has 138 valence electrons.